The van der Waals surface area contributed by atoms with Crippen LogP contribution < -0.4 is 10.3 Å². The molecule has 0 amide bonds. The first-order valence-electron chi connectivity index (χ1n) is 5.69. The van der Waals surface area contributed by atoms with Crippen molar-refractivity contribution in [1.29, 1.82) is 5.26 Å². The molecule has 19 heavy (non-hydrogen) atoms. The molecule has 96 valence electrons. The third-order valence-electron chi connectivity index (χ3n) is 2.57. The van der Waals surface area contributed by atoms with Crippen molar-refractivity contribution in [3.05, 3.63) is 63.0 Å². The minimum atomic E-state index is -0.312. The van der Waals surface area contributed by atoms with Gasteiger partial charge in [0, 0.05) is 10.7 Å². The van der Waals surface area contributed by atoms with Crippen LogP contribution in [0.4, 0.5) is 0 Å². The SMILES string of the molecule is N#Cc1c(Br)ccn(CCOc2ccccc2)c1=O. The lowest BCUT2D eigenvalue weighted by atomic mass is 10.3. The topological polar surface area (TPSA) is 55.0 Å². The Hall–Kier alpha value is -2.06. The highest BCUT2D eigenvalue weighted by Crippen LogP contribution is 2.11. The second kappa shape index (κ2) is 6.21. The van der Waals surface area contributed by atoms with Crippen LogP contribution >= 0.6 is 15.9 Å². The number of benzene rings is 1. The molecule has 5 heteroatoms. The summed E-state index contributed by atoms with van der Waals surface area (Å²) in [5, 5.41) is 8.90. The number of nitriles is 1. The Balaban J connectivity index is 2.05. The second-order valence-corrected chi connectivity index (χ2v) is 4.66. The summed E-state index contributed by atoms with van der Waals surface area (Å²) in [6, 6.07) is 13.0. The van der Waals surface area contributed by atoms with E-state index in [0.717, 1.165) is 5.75 Å². The molecule has 4 nitrogen and oxygen atoms in total. The maximum absolute atomic E-state index is 11.9. The molecule has 0 radical (unpaired) electrons. The van der Waals surface area contributed by atoms with E-state index in [0.29, 0.717) is 17.6 Å². The zero-order chi connectivity index (χ0) is 13.7. The molecule has 2 rings (SSSR count). The van der Waals surface area contributed by atoms with Gasteiger partial charge >= 0.3 is 0 Å². The van der Waals surface area contributed by atoms with E-state index in [4.69, 9.17) is 10.00 Å². The van der Waals surface area contributed by atoms with E-state index in [2.05, 4.69) is 15.9 Å². The first-order chi connectivity index (χ1) is 9.22. The van der Waals surface area contributed by atoms with Crippen LogP contribution in [0, 0.1) is 11.3 Å². The number of hydrogen-bond acceptors (Lipinski definition) is 3. The largest absolute Gasteiger partial charge is 0.492 e. The Bertz CT molecular complexity index is 659. The fourth-order valence-electron chi connectivity index (χ4n) is 1.61. The van der Waals surface area contributed by atoms with E-state index in [1.165, 1.54) is 4.57 Å². The highest BCUT2D eigenvalue weighted by molar-refractivity contribution is 9.10. The van der Waals surface area contributed by atoms with Gasteiger partial charge in [0.15, 0.2) is 0 Å². The Morgan fingerprint density at radius 1 is 1.26 bits per heavy atom. The summed E-state index contributed by atoms with van der Waals surface area (Å²) in [4.78, 5) is 11.9. The first-order valence-corrected chi connectivity index (χ1v) is 6.48. The zero-order valence-electron chi connectivity index (χ0n) is 10.0. The number of rotatable bonds is 4. The van der Waals surface area contributed by atoms with Gasteiger partial charge in [-0.05, 0) is 34.1 Å². The molecule has 0 spiro atoms. The van der Waals surface area contributed by atoms with Crippen LogP contribution in [-0.4, -0.2) is 11.2 Å². The van der Waals surface area contributed by atoms with Gasteiger partial charge in [-0.25, -0.2) is 0 Å². The van der Waals surface area contributed by atoms with Gasteiger partial charge in [-0.1, -0.05) is 18.2 Å². The Morgan fingerprint density at radius 2 is 2.00 bits per heavy atom. The molecule has 0 aliphatic heterocycles. The third kappa shape index (κ3) is 3.24. The monoisotopic (exact) mass is 318 g/mol. The number of halogens is 1. The predicted octanol–water partition coefficient (Wildman–Crippen LogP) is 2.56. The van der Waals surface area contributed by atoms with Crippen molar-refractivity contribution in [2.24, 2.45) is 0 Å². The molecule has 0 aliphatic rings. The fourth-order valence-corrected chi connectivity index (χ4v) is 1.98. The highest BCUT2D eigenvalue weighted by atomic mass is 79.9. The Morgan fingerprint density at radius 3 is 2.68 bits per heavy atom. The molecule has 0 unspecified atom stereocenters. The molecule has 0 saturated heterocycles. The molecule has 1 aromatic carbocycles. The van der Waals surface area contributed by atoms with Crippen molar-refractivity contribution < 1.29 is 4.74 Å². The van der Waals surface area contributed by atoms with Gasteiger partial charge < -0.3 is 9.30 Å². The number of nitrogens with zero attached hydrogens (tertiary/aromatic N) is 2. The maximum atomic E-state index is 11.9. The van der Waals surface area contributed by atoms with Crippen LogP contribution in [0.5, 0.6) is 5.75 Å². The summed E-state index contributed by atoms with van der Waals surface area (Å²) in [6.07, 6.45) is 1.64. The number of aromatic nitrogens is 1. The molecular formula is C14H11BrN2O2. The van der Waals surface area contributed by atoms with E-state index in [1.807, 2.05) is 36.4 Å². The normalized spacial score (nSPS) is 9.89. The van der Waals surface area contributed by atoms with Gasteiger partial charge in [0.1, 0.15) is 24.0 Å². The predicted molar refractivity (Wildman–Crippen MR) is 75.1 cm³/mol. The molecule has 0 fully saturated rings. The summed E-state index contributed by atoms with van der Waals surface area (Å²) in [7, 11) is 0. The number of ether oxygens (including phenoxy) is 1. The van der Waals surface area contributed by atoms with E-state index in [1.54, 1.807) is 12.3 Å². The van der Waals surface area contributed by atoms with Crippen LogP contribution in [0.15, 0.2) is 51.9 Å². The molecule has 1 heterocycles. The van der Waals surface area contributed by atoms with Crippen molar-refractivity contribution in [2.45, 2.75) is 6.54 Å². The minimum absolute atomic E-state index is 0.113. The summed E-state index contributed by atoms with van der Waals surface area (Å²) >= 11 is 3.18. The molecule has 0 bridgehead atoms. The minimum Gasteiger partial charge on any atom is -0.492 e. The zero-order valence-corrected chi connectivity index (χ0v) is 11.6. The van der Waals surface area contributed by atoms with Crippen molar-refractivity contribution in [3.8, 4) is 11.8 Å². The number of para-hydroxylation sites is 1. The average molecular weight is 319 g/mol. The van der Waals surface area contributed by atoms with Crippen molar-refractivity contribution in [2.75, 3.05) is 6.61 Å². The smallest absolute Gasteiger partial charge is 0.269 e. The van der Waals surface area contributed by atoms with E-state index in [-0.39, 0.29) is 11.1 Å². The first kappa shape index (κ1) is 13.4. The molecule has 1 aromatic heterocycles. The fraction of sp³-hybridized carbons (Fsp3) is 0.143. The average Bonchev–Trinajstić information content (AvgIpc) is 2.43. The summed E-state index contributed by atoms with van der Waals surface area (Å²) in [5.74, 6) is 0.758. The van der Waals surface area contributed by atoms with Gasteiger partial charge in [0.25, 0.3) is 5.56 Å². The van der Waals surface area contributed by atoms with Crippen LogP contribution in [0.25, 0.3) is 0 Å². The summed E-state index contributed by atoms with van der Waals surface area (Å²) < 4.78 is 7.49. The Kier molecular flexibility index (Phi) is 4.37. The maximum Gasteiger partial charge on any atom is 0.269 e. The number of pyridine rings is 1. The molecule has 0 saturated carbocycles. The van der Waals surface area contributed by atoms with Crippen molar-refractivity contribution >= 4 is 15.9 Å². The summed E-state index contributed by atoms with van der Waals surface area (Å²) in [6.45, 7) is 0.770. The van der Waals surface area contributed by atoms with Gasteiger partial charge in [-0.3, -0.25) is 4.79 Å². The van der Waals surface area contributed by atoms with Crippen molar-refractivity contribution in [1.82, 2.24) is 4.57 Å². The van der Waals surface area contributed by atoms with Crippen LogP contribution in [0.1, 0.15) is 5.56 Å². The van der Waals surface area contributed by atoms with Crippen LogP contribution in [-0.2, 0) is 6.54 Å². The van der Waals surface area contributed by atoms with Gasteiger partial charge in [0.05, 0.1) is 6.54 Å². The summed E-state index contributed by atoms with van der Waals surface area (Å²) in [5.41, 5.74) is -0.198. The van der Waals surface area contributed by atoms with Gasteiger partial charge in [-0.15, -0.1) is 0 Å². The second-order valence-electron chi connectivity index (χ2n) is 3.81. The van der Waals surface area contributed by atoms with Crippen molar-refractivity contribution in [3.63, 3.8) is 0 Å². The van der Waals surface area contributed by atoms with Crippen LogP contribution in [0.3, 0.4) is 0 Å². The van der Waals surface area contributed by atoms with Crippen LogP contribution in [0.2, 0.25) is 0 Å². The van der Waals surface area contributed by atoms with E-state index < -0.39 is 0 Å². The lowest BCUT2D eigenvalue weighted by Crippen LogP contribution is -2.24. The molecule has 0 N–H and O–H groups in total. The van der Waals surface area contributed by atoms with Gasteiger partial charge in [-0.2, -0.15) is 5.26 Å². The molecule has 0 aliphatic carbocycles. The molecule has 0 atom stereocenters. The number of hydrogen-bond donors (Lipinski definition) is 0. The third-order valence-corrected chi connectivity index (χ3v) is 3.23. The van der Waals surface area contributed by atoms with E-state index in [9.17, 15) is 4.79 Å². The molecule has 2 aromatic rings. The quantitative estimate of drug-likeness (QED) is 0.870. The lowest BCUT2D eigenvalue weighted by molar-refractivity contribution is 0.296. The molecular weight excluding hydrogens is 308 g/mol. The standard InChI is InChI=1S/C14H11BrN2O2/c15-13-6-7-17(14(18)12(13)10-16)8-9-19-11-4-2-1-3-5-11/h1-7H,8-9H2. The van der Waals surface area contributed by atoms with E-state index >= 15 is 0 Å². The Labute approximate surface area is 119 Å². The lowest BCUT2D eigenvalue weighted by Gasteiger charge is -2.08. The van der Waals surface area contributed by atoms with Gasteiger partial charge in [0.2, 0.25) is 0 Å². The highest BCUT2D eigenvalue weighted by Gasteiger charge is 2.07.